The molecular formula is C13H23N3O. The topological polar surface area (TPSA) is 64.9 Å². The van der Waals surface area contributed by atoms with E-state index in [4.69, 9.17) is 10.3 Å². The van der Waals surface area contributed by atoms with E-state index in [-0.39, 0.29) is 11.0 Å². The van der Waals surface area contributed by atoms with Crippen molar-refractivity contribution in [3.8, 4) is 0 Å². The Balaban J connectivity index is 2.21. The van der Waals surface area contributed by atoms with Crippen LogP contribution in [0.5, 0.6) is 0 Å². The Labute approximate surface area is 103 Å². The predicted octanol–water partition coefficient (Wildman–Crippen LogP) is 2.73. The molecule has 1 fully saturated rings. The number of aromatic nitrogens is 2. The Kier molecular flexibility index (Phi) is 3.02. The van der Waals surface area contributed by atoms with Crippen molar-refractivity contribution in [2.75, 3.05) is 0 Å². The van der Waals surface area contributed by atoms with Gasteiger partial charge < -0.3 is 10.3 Å². The highest BCUT2D eigenvalue weighted by Crippen LogP contribution is 2.40. The van der Waals surface area contributed by atoms with Gasteiger partial charge in [0, 0.05) is 5.41 Å². The second kappa shape index (κ2) is 4.09. The number of nitrogens with zero attached hydrogens (tertiary/aromatic N) is 2. The second-order valence-corrected chi connectivity index (χ2v) is 6.35. The summed E-state index contributed by atoms with van der Waals surface area (Å²) in [5.41, 5.74) is 5.94. The number of hydrogen-bond acceptors (Lipinski definition) is 4. The van der Waals surface area contributed by atoms with Crippen LogP contribution in [0.4, 0.5) is 0 Å². The van der Waals surface area contributed by atoms with E-state index in [1.807, 2.05) is 0 Å². The molecule has 2 unspecified atom stereocenters. The fourth-order valence-electron chi connectivity index (χ4n) is 2.46. The largest absolute Gasteiger partial charge is 0.339 e. The Morgan fingerprint density at radius 2 is 2.18 bits per heavy atom. The van der Waals surface area contributed by atoms with Crippen LogP contribution in [0.2, 0.25) is 0 Å². The molecule has 96 valence electrons. The van der Waals surface area contributed by atoms with E-state index in [2.05, 4.69) is 37.8 Å². The van der Waals surface area contributed by atoms with Gasteiger partial charge >= 0.3 is 0 Å². The summed E-state index contributed by atoms with van der Waals surface area (Å²) in [6.07, 6.45) is 4.30. The maximum absolute atomic E-state index is 6.42. The maximum Gasteiger partial charge on any atom is 0.232 e. The molecule has 0 saturated heterocycles. The van der Waals surface area contributed by atoms with Gasteiger partial charge in [-0.1, -0.05) is 39.3 Å². The van der Waals surface area contributed by atoms with Crippen molar-refractivity contribution in [1.29, 1.82) is 0 Å². The van der Waals surface area contributed by atoms with Gasteiger partial charge in [0.25, 0.3) is 0 Å². The Morgan fingerprint density at radius 1 is 1.47 bits per heavy atom. The molecule has 0 aromatic carbocycles. The molecule has 4 heteroatoms. The smallest absolute Gasteiger partial charge is 0.232 e. The highest BCUT2D eigenvalue weighted by Gasteiger charge is 2.40. The molecule has 2 rings (SSSR count). The van der Waals surface area contributed by atoms with Crippen molar-refractivity contribution in [1.82, 2.24) is 10.1 Å². The summed E-state index contributed by atoms with van der Waals surface area (Å²) in [7, 11) is 0. The minimum atomic E-state index is -0.367. The molecule has 1 saturated carbocycles. The van der Waals surface area contributed by atoms with Gasteiger partial charge in [0.2, 0.25) is 5.89 Å². The molecule has 0 bridgehead atoms. The number of rotatable bonds is 2. The van der Waals surface area contributed by atoms with Gasteiger partial charge in [-0.05, 0) is 25.2 Å². The van der Waals surface area contributed by atoms with Crippen molar-refractivity contribution in [2.24, 2.45) is 11.7 Å². The molecule has 1 aromatic heterocycles. The normalized spacial score (nSPS) is 29.8. The summed E-state index contributed by atoms with van der Waals surface area (Å²) >= 11 is 0. The third-order valence-corrected chi connectivity index (χ3v) is 3.74. The summed E-state index contributed by atoms with van der Waals surface area (Å²) in [5, 5.41) is 4.09. The van der Waals surface area contributed by atoms with Crippen molar-refractivity contribution >= 4 is 0 Å². The van der Waals surface area contributed by atoms with E-state index < -0.39 is 0 Å². The van der Waals surface area contributed by atoms with Gasteiger partial charge in [-0.3, -0.25) is 0 Å². The van der Waals surface area contributed by atoms with Crippen molar-refractivity contribution in [2.45, 2.75) is 64.3 Å². The summed E-state index contributed by atoms with van der Waals surface area (Å²) in [4.78, 5) is 4.50. The number of hydrogen-bond donors (Lipinski definition) is 1. The van der Waals surface area contributed by atoms with Crippen LogP contribution in [-0.4, -0.2) is 10.1 Å². The third-order valence-electron chi connectivity index (χ3n) is 3.74. The third kappa shape index (κ3) is 2.37. The van der Waals surface area contributed by atoms with Gasteiger partial charge in [0.05, 0.1) is 5.54 Å². The van der Waals surface area contributed by atoms with Crippen LogP contribution in [0.3, 0.4) is 0 Å². The minimum absolute atomic E-state index is 0.107. The van der Waals surface area contributed by atoms with Crippen LogP contribution in [0, 0.1) is 5.92 Å². The zero-order valence-corrected chi connectivity index (χ0v) is 11.3. The average molecular weight is 237 g/mol. The highest BCUT2D eigenvalue weighted by atomic mass is 16.5. The SMILES string of the molecule is CCC1CCC(N)(c2noc(C(C)(C)C)n2)C1. The lowest BCUT2D eigenvalue weighted by atomic mass is 9.94. The lowest BCUT2D eigenvalue weighted by Crippen LogP contribution is -2.35. The lowest BCUT2D eigenvalue weighted by molar-refractivity contribution is 0.308. The van der Waals surface area contributed by atoms with E-state index in [1.165, 1.54) is 12.8 Å². The van der Waals surface area contributed by atoms with Gasteiger partial charge in [-0.15, -0.1) is 0 Å². The van der Waals surface area contributed by atoms with Crippen LogP contribution in [0.15, 0.2) is 4.52 Å². The van der Waals surface area contributed by atoms with E-state index in [0.717, 1.165) is 12.8 Å². The van der Waals surface area contributed by atoms with Crippen molar-refractivity contribution in [3.05, 3.63) is 11.7 Å². The first-order valence-electron chi connectivity index (χ1n) is 6.49. The Morgan fingerprint density at radius 3 is 2.65 bits per heavy atom. The molecule has 2 N–H and O–H groups in total. The molecule has 17 heavy (non-hydrogen) atoms. The zero-order chi connectivity index (χ0) is 12.7. The highest BCUT2D eigenvalue weighted by molar-refractivity contribution is 5.10. The standard InChI is InChI=1S/C13H23N3O/c1-5-9-6-7-13(14,8-9)10-15-11(17-16-10)12(2,3)4/h9H,5-8,14H2,1-4H3. The summed E-state index contributed by atoms with van der Waals surface area (Å²) in [6, 6.07) is 0. The zero-order valence-electron chi connectivity index (χ0n) is 11.3. The fraction of sp³-hybridized carbons (Fsp3) is 0.846. The molecule has 1 aliphatic carbocycles. The summed E-state index contributed by atoms with van der Waals surface area (Å²) < 4.78 is 5.33. The monoisotopic (exact) mass is 237 g/mol. The van der Waals surface area contributed by atoms with Gasteiger partial charge in [0.15, 0.2) is 5.82 Å². The maximum atomic E-state index is 6.42. The predicted molar refractivity (Wildman–Crippen MR) is 66.5 cm³/mol. The molecule has 1 aliphatic rings. The van der Waals surface area contributed by atoms with Crippen LogP contribution >= 0.6 is 0 Å². The molecular weight excluding hydrogens is 214 g/mol. The van der Waals surface area contributed by atoms with Crippen molar-refractivity contribution < 1.29 is 4.52 Å². The molecule has 1 heterocycles. The number of nitrogens with two attached hydrogens (primary N) is 1. The quantitative estimate of drug-likeness (QED) is 0.859. The first-order chi connectivity index (χ1) is 7.85. The van der Waals surface area contributed by atoms with Gasteiger partial charge in [-0.25, -0.2) is 0 Å². The summed E-state index contributed by atoms with van der Waals surface area (Å²) in [6.45, 7) is 8.41. The van der Waals surface area contributed by atoms with Crippen LogP contribution in [-0.2, 0) is 11.0 Å². The average Bonchev–Trinajstić information content (AvgIpc) is 2.83. The lowest BCUT2D eigenvalue weighted by Gasteiger charge is -2.19. The molecule has 0 spiro atoms. The Bertz CT molecular complexity index is 394. The molecule has 4 nitrogen and oxygen atoms in total. The second-order valence-electron chi connectivity index (χ2n) is 6.35. The van der Waals surface area contributed by atoms with Gasteiger partial charge in [0.1, 0.15) is 0 Å². The van der Waals surface area contributed by atoms with E-state index in [1.54, 1.807) is 0 Å². The van der Waals surface area contributed by atoms with Crippen LogP contribution in [0.1, 0.15) is 65.1 Å². The Hall–Kier alpha value is -0.900. The van der Waals surface area contributed by atoms with Gasteiger partial charge in [-0.2, -0.15) is 4.98 Å². The minimum Gasteiger partial charge on any atom is -0.339 e. The summed E-state index contributed by atoms with van der Waals surface area (Å²) in [5.74, 6) is 2.08. The molecule has 2 atom stereocenters. The first-order valence-corrected chi connectivity index (χ1v) is 6.49. The molecule has 0 amide bonds. The first kappa shape index (κ1) is 12.6. The fourth-order valence-corrected chi connectivity index (χ4v) is 2.46. The molecule has 1 aromatic rings. The van der Waals surface area contributed by atoms with Crippen LogP contribution < -0.4 is 5.73 Å². The van der Waals surface area contributed by atoms with E-state index in [0.29, 0.717) is 17.6 Å². The molecule has 0 aliphatic heterocycles. The van der Waals surface area contributed by atoms with E-state index >= 15 is 0 Å². The van der Waals surface area contributed by atoms with E-state index in [9.17, 15) is 0 Å². The molecule has 0 radical (unpaired) electrons. The van der Waals surface area contributed by atoms with Crippen LogP contribution in [0.25, 0.3) is 0 Å². The van der Waals surface area contributed by atoms with Crippen molar-refractivity contribution in [3.63, 3.8) is 0 Å².